The lowest BCUT2D eigenvalue weighted by atomic mass is 10.1. The molecule has 0 aliphatic rings. The molecule has 2 heterocycles. The number of amides is 1. The minimum absolute atomic E-state index is 0.196. The molecule has 3 aromatic rings. The van der Waals surface area contributed by atoms with Crippen molar-refractivity contribution < 1.29 is 14.3 Å². The van der Waals surface area contributed by atoms with Crippen molar-refractivity contribution >= 4 is 17.4 Å². The summed E-state index contributed by atoms with van der Waals surface area (Å²) in [6, 6.07) is 9.47. The lowest BCUT2D eigenvalue weighted by Gasteiger charge is -2.16. The highest BCUT2D eigenvalue weighted by atomic mass is 16.6. The van der Waals surface area contributed by atoms with Crippen LogP contribution in [0.2, 0.25) is 0 Å². The average molecular weight is 391 g/mol. The second-order valence-corrected chi connectivity index (χ2v) is 7.06. The number of rotatable bonds is 6. The summed E-state index contributed by atoms with van der Waals surface area (Å²) < 4.78 is 13.3. The zero-order valence-corrected chi connectivity index (χ0v) is 17.2. The number of benzene rings is 1. The number of aryl methyl sites for hydroxylation is 2. The van der Waals surface area contributed by atoms with Gasteiger partial charge in [-0.1, -0.05) is 12.1 Å². The standard InChI is InChI=1S/C23H25N3O3/c1-6-9-20-17(5)24-22-21(12-8-13-26(20)22)28-14-18-16(4)10-7-11-19(18)25-23(27)29-15(2)3/h1,7-8,10-13,15H,9,14H2,2-5H3,(H,25,27). The van der Waals surface area contributed by atoms with Gasteiger partial charge in [0.15, 0.2) is 11.4 Å². The molecule has 0 unspecified atom stereocenters. The Bertz CT molecular complexity index is 1080. The number of imidazole rings is 1. The first kappa shape index (κ1) is 20.3. The summed E-state index contributed by atoms with van der Waals surface area (Å²) in [6.07, 6.45) is 7.23. The van der Waals surface area contributed by atoms with E-state index in [9.17, 15) is 4.79 Å². The van der Waals surface area contributed by atoms with Crippen LogP contribution in [-0.2, 0) is 17.8 Å². The number of nitrogens with zero attached hydrogens (tertiary/aromatic N) is 2. The molecular weight excluding hydrogens is 366 g/mol. The molecule has 0 atom stereocenters. The maximum atomic E-state index is 12.0. The summed E-state index contributed by atoms with van der Waals surface area (Å²) in [7, 11) is 0. The summed E-state index contributed by atoms with van der Waals surface area (Å²) in [5.74, 6) is 3.32. The van der Waals surface area contributed by atoms with E-state index in [-0.39, 0.29) is 12.7 Å². The first-order chi connectivity index (χ1) is 13.9. The third-order valence-electron chi connectivity index (χ3n) is 4.54. The number of aromatic nitrogens is 2. The molecule has 0 aliphatic heterocycles. The number of carbonyl (C=O) groups is 1. The molecule has 1 aromatic carbocycles. The molecule has 0 aliphatic carbocycles. The topological polar surface area (TPSA) is 64.9 Å². The number of fused-ring (bicyclic) bond motifs is 1. The average Bonchev–Trinajstić information content (AvgIpc) is 2.97. The molecule has 0 saturated heterocycles. The van der Waals surface area contributed by atoms with E-state index in [1.165, 1.54) is 0 Å². The summed E-state index contributed by atoms with van der Waals surface area (Å²) in [6.45, 7) is 7.80. The van der Waals surface area contributed by atoms with Crippen LogP contribution in [0.25, 0.3) is 5.65 Å². The van der Waals surface area contributed by atoms with Crippen molar-refractivity contribution in [1.29, 1.82) is 0 Å². The van der Waals surface area contributed by atoms with Crippen LogP contribution in [-0.4, -0.2) is 21.6 Å². The fraction of sp³-hybridized carbons (Fsp3) is 0.304. The van der Waals surface area contributed by atoms with E-state index < -0.39 is 6.09 Å². The molecular formula is C23H25N3O3. The molecule has 0 fully saturated rings. The minimum Gasteiger partial charge on any atom is -0.485 e. The lowest BCUT2D eigenvalue weighted by molar-refractivity contribution is 0.130. The fourth-order valence-corrected chi connectivity index (χ4v) is 3.14. The Kier molecular flexibility index (Phi) is 6.08. The number of terminal acetylenes is 1. The largest absolute Gasteiger partial charge is 0.485 e. The predicted molar refractivity (Wildman–Crippen MR) is 113 cm³/mol. The van der Waals surface area contributed by atoms with Crippen molar-refractivity contribution in [3.05, 3.63) is 59.0 Å². The molecule has 29 heavy (non-hydrogen) atoms. The Hall–Kier alpha value is -3.46. The molecule has 6 heteroatoms. The number of carbonyl (C=O) groups excluding carboxylic acids is 1. The van der Waals surface area contributed by atoms with Crippen LogP contribution in [0.5, 0.6) is 5.75 Å². The number of hydrogen-bond donors (Lipinski definition) is 1. The van der Waals surface area contributed by atoms with Crippen molar-refractivity contribution in [2.45, 2.75) is 46.8 Å². The number of hydrogen-bond acceptors (Lipinski definition) is 4. The summed E-state index contributed by atoms with van der Waals surface area (Å²) in [4.78, 5) is 16.7. The van der Waals surface area contributed by atoms with E-state index in [2.05, 4.69) is 16.2 Å². The van der Waals surface area contributed by atoms with Crippen LogP contribution in [0.1, 0.15) is 36.4 Å². The van der Waals surface area contributed by atoms with Crippen LogP contribution < -0.4 is 10.1 Å². The molecule has 0 spiro atoms. The Balaban J connectivity index is 1.86. The molecule has 3 rings (SSSR count). The molecule has 2 aromatic heterocycles. The third kappa shape index (κ3) is 4.52. The molecule has 150 valence electrons. The van der Waals surface area contributed by atoms with Gasteiger partial charge in [-0.05, 0) is 51.5 Å². The van der Waals surface area contributed by atoms with Gasteiger partial charge in [0.25, 0.3) is 0 Å². The summed E-state index contributed by atoms with van der Waals surface area (Å²) in [5, 5.41) is 2.80. The second kappa shape index (κ2) is 8.70. The molecule has 0 bridgehead atoms. The molecule has 1 amide bonds. The summed E-state index contributed by atoms with van der Waals surface area (Å²) in [5.41, 5.74) is 5.12. The third-order valence-corrected chi connectivity index (χ3v) is 4.54. The van der Waals surface area contributed by atoms with Gasteiger partial charge in [0.05, 0.1) is 29.6 Å². The Morgan fingerprint density at radius 1 is 1.28 bits per heavy atom. The highest BCUT2D eigenvalue weighted by Crippen LogP contribution is 2.26. The quantitative estimate of drug-likeness (QED) is 0.621. The lowest BCUT2D eigenvalue weighted by Crippen LogP contribution is -2.19. The van der Waals surface area contributed by atoms with Gasteiger partial charge >= 0.3 is 6.09 Å². The molecule has 6 nitrogen and oxygen atoms in total. The van der Waals surface area contributed by atoms with Crippen LogP contribution in [0.4, 0.5) is 10.5 Å². The first-order valence-corrected chi connectivity index (χ1v) is 9.49. The number of pyridine rings is 1. The number of anilines is 1. The number of nitrogens with one attached hydrogen (secondary N) is 1. The Labute approximate surface area is 170 Å². The van der Waals surface area contributed by atoms with Crippen LogP contribution in [0.15, 0.2) is 36.5 Å². The number of ether oxygens (including phenoxy) is 2. The van der Waals surface area contributed by atoms with E-state index in [0.29, 0.717) is 17.9 Å². The van der Waals surface area contributed by atoms with Gasteiger partial charge in [0.2, 0.25) is 0 Å². The maximum Gasteiger partial charge on any atom is 0.411 e. The molecule has 1 N–H and O–H groups in total. The van der Waals surface area contributed by atoms with E-state index in [0.717, 1.165) is 28.2 Å². The van der Waals surface area contributed by atoms with Gasteiger partial charge in [-0.2, -0.15) is 0 Å². The highest BCUT2D eigenvalue weighted by molar-refractivity contribution is 5.86. The van der Waals surface area contributed by atoms with E-state index >= 15 is 0 Å². The van der Waals surface area contributed by atoms with Gasteiger partial charge < -0.3 is 9.47 Å². The smallest absolute Gasteiger partial charge is 0.411 e. The second-order valence-electron chi connectivity index (χ2n) is 7.06. The monoisotopic (exact) mass is 391 g/mol. The van der Waals surface area contributed by atoms with Gasteiger partial charge in [-0.3, -0.25) is 9.72 Å². The Morgan fingerprint density at radius 3 is 2.79 bits per heavy atom. The van der Waals surface area contributed by atoms with Crippen molar-refractivity contribution in [1.82, 2.24) is 9.38 Å². The van der Waals surface area contributed by atoms with Crippen LogP contribution >= 0.6 is 0 Å². The maximum absolute atomic E-state index is 12.0. The minimum atomic E-state index is -0.489. The van der Waals surface area contributed by atoms with Gasteiger partial charge in [-0.25, -0.2) is 9.78 Å². The van der Waals surface area contributed by atoms with Crippen molar-refractivity contribution in [2.75, 3.05) is 5.32 Å². The molecule has 0 saturated carbocycles. The van der Waals surface area contributed by atoms with Gasteiger partial charge in [-0.15, -0.1) is 12.3 Å². The van der Waals surface area contributed by atoms with Crippen molar-refractivity contribution in [3.8, 4) is 18.1 Å². The normalized spacial score (nSPS) is 10.8. The van der Waals surface area contributed by atoms with Crippen LogP contribution in [0.3, 0.4) is 0 Å². The fourth-order valence-electron chi connectivity index (χ4n) is 3.14. The zero-order chi connectivity index (χ0) is 21.0. The van der Waals surface area contributed by atoms with Gasteiger partial charge in [0.1, 0.15) is 6.61 Å². The van der Waals surface area contributed by atoms with Crippen molar-refractivity contribution in [3.63, 3.8) is 0 Å². The SMILES string of the molecule is C#CCc1c(C)nc2c(OCc3c(C)cccc3NC(=O)OC(C)C)cccn12. The van der Waals surface area contributed by atoms with E-state index in [4.69, 9.17) is 15.9 Å². The zero-order valence-electron chi connectivity index (χ0n) is 17.2. The predicted octanol–water partition coefficient (Wildman–Crippen LogP) is 4.66. The van der Waals surface area contributed by atoms with E-state index in [1.54, 1.807) is 0 Å². The summed E-state index contributed by atoms with van der Waals surface area (Å²) >= 11 is 0. The highest BCUT2D eigenvalue weighted by Gasteiger charge is 2.15. The van der Waals surface area contributed by atoms with Gasteiger partial charge in [0, 0.05) is 11.8 Å². The van der Waals surface area contributed by atoms with E-state index in [1.807, 2.05) is 68.6 Å². The van der Waals surface area contributed by atoms with Crippen molar-refractivity contribution in [2.24, 2.45) is 0 Å². The molecule has 0 radical (unpaired) electrons. The van der Waals surface area contributed by atoms with Crippen LogP contribution in [0, 0.1) is 26.2 Å². The Morgan fingerprint density at radius 2 is 2.07 bits per heavy atom. The first-order valence-electron chi connectivity index (χ1n) is 9.49.